The predicted molar refractivity (Wildman–Crippen MR) is 70.9 cm³/mol. The summed E-state index contributed by atoms with van der Waals surface area (Å²) in [5.41, 5.74) is 5.77. The standard InChI is InChI=1S/C10H10ClN5OS/c1-2-8-15-16-10(18-8)14-9(17)5-3-7(12)13-4-6(5)11/h3-4H,2H2,1H3,(H2,12,13)(H,14,16,17). The van der Waals surface area contributed by atoms with Crippen LogP contribution in [0.5, 0.6) is 0 Å². The van der Waals surface area contributed by atoms with Gasteiger partial charge >= 0.3 is 0 Å². The van der Waals surface area contributed by atoms with E-state index in [2.05, 4.69) is 20.5 Å². The van der Waals surface area contributed by atoms with E-state index < -0.39 is 0 Å². The van der Waals surface area contributed by atoms with Crippen molar-refractivity contribution in [2.24, 2.45) is 0 Å². The quantitative estimate of drug-likeness (QED) is 0.898. The molecule has 0 aromatic carbocycles. The van der Waals surface area contributed by atoms with E-state index in [0.717, 1.165) is 11.4 Å². The number of rotatable bonds is 3. The van der Waals surface area contributed by atoms with Crippen molar-refractivity contribution in [1.29, 1.82) is 0 Å². The lowest BCUT2D eigenvalue weighted by Gasteiger charge is -2.03. The van der Waals surface area contributed by atoms with Crippen LogP contribution >= 0.6 is 22.9 Å². The molecule has 0 spiro atoms. The predicted octanol–water partition coefficient (Wildman–Crippen LogP) is 1.98. The van der Waals surface area contributed by atoms with Gasteiger partial charge in [-0.1, -0.05) is 29.9 Å². The van der Waals surface area contributed by atoms with Crippen LogP contribution in [-0.2, 0) is 6.42 Å². The lowest BCUT2D eigenvalue weighted by Crippen LogP contribution is -2.13. The van der Waals surface area contributed by atoms with Gasteiger partial charge in [0, 0.05) is 6.20 Å². The fraction of sp³-hybridized carbons (Fsp3) is 0.200. The fourth-order valence-corrected chi connectivity index (χ4v) is 2.10. The van der Waals surface area contributed by atoms with E-state index in [0.29, 0.717) is 5.13 Å². The van der Waals surface area contributed by atoms with Crippen molar-refractivity contribution < 1.29 is 4.79 Å². The van der Waals surface area contributed by atoms with Gasteiger partial charge in [0.15, 0.2) is 0 Å². The number of carbonyl (C=O) groups is 1. The van der Waals surface area contributed by atoms with Gasteiger partial charge in [0.05, 0.1) is 10.6 Å². The zero-order valence-electron chi connectivity index (χ0n) is 9.48. The van der Waals surface area contributed by atoms with Crippen LogP contribution in [0.15, 0.2) is 12.3 Å². The smallest absolute Gasteiger partial charge is 0.259 e. The molecule has 0 aliphatic heterocycles. The largest absolute Gasteiger partial charge is 0.384 e. The molecule has 0 saturated heterocycles. The molecule has 0 bridgehead atoms. The summed E-state index contributed by atoms with van der Waals surface area (Å²) in [6.07, 6.45) is 2.11. The van der Waals surface area contributed by atoms with Gasteiger partial charge in [0.2, 0.25) is 5.13 Å². The van der Waals surface area contributed by atoms with Crippen molar-refractivity contribution in [3.63, 3.8) is 0 Å². The minimum Gasteiger partial charge on any atom is -0.384 e. The molecule has 0 radical (unpaired) electrons. The van der Waals surface area contributed by atoms with E-state index in [4.69, 9.17) is 17.3 Å². The van der Waals surface area contributed by atoms with Crippen LogP contribution in [0.2, 0.25) is 5.02 Å². The van der Waals surface area contributed by atoms with Gasteiger partial charge in [0.1, 0.15) is 10.8 Å². The lowest BCUT2D eigenvalue weighted by molar-refractivity contribution is 0.102. The Labute approximate surface area is 112 Å². The summed E-state index contributed by atoms with van der Waals surface area (Å²) in [6.45, 7) is 1.96. The number of halogens is 1. The molecule has 18 heavy (non-hydrogen) atoms. The number of hydrogen-bond acceptors (Lipinski definition) is 6. The normalized spacial score (nSPS) is 10.3. The van der Waals surface area contributed by atoms with Crippen LogP contribution in [0, 0.1) is 0 Å². The number of nitrogens with two attached hydrogens (primary N) is 1. The first-order valence-corrected chi connectivity index (χ1v) is 6.34. The molecule has 2 heterocycles. The number of nitrogens with zero attached hydrogens (tertiary/aromatic N) is 3. The SMILES string of the molecule is CCc1nnc(NC(=O)c2cc(N)ncc2Cl)s1. The molecule has 0 fully saturated rings. The summed E-state index contributed by atoms with van der Waals surface area (Å²) in [6, 6.07) is 1.42. The van der Waals surface area contributed by atoms with E-state index in [1.54, 1.807) is 0 Å². The Morgan fingerprint density at radius 1 is 1.56 bits per heavy atom. The summed E-state index contributed by atoms with van der Waals surface area (Å²) in [5, 5.41) is 11.9. The summed E-state index contributed by atoms with van der Waals surface area (Å²) in [5.74, 6) is -0.149. The number of carbonyl (C=O) groups excluding carboxylic acids is 1. The van der Waals surface area contributed by atoms with Crippen molar-refractivity contribution in [3.05, 3.63) is 27.9 Å². The molecule has 0 aliphatic carbocycles. The zero-order valence-corrected chi connectivity index (χ0v) is 11.0. The van der Waals surface area contributed by atoms with Crippen molar-refractivity contribution >= 4 is 39.8 Å². The maximum Gasteiger partial charge on any atom is 0.259 e. The molecule has 0 saturated carbocycles. The third-order valence-electron chi connectivity index (χ3n) is 2.11. The number of pyridine rings is 1. The molecule has 0 aliphatic rings. The number of aromatic nitrogens is 3. The molecule has 0 atom stereocenters. The van der Waals surface area contributed by atoms with Crippen molar-refractivity contribution in [2.45, 2.75) is 13.3 Å². The highest BCUT2D eigenvalue weighted by molar-refractivity contribution is 7.15. The van der Waals surface area contributed by atoms with E-state index in [9.17, 15) is 4.79 Å². The molecular weight excluding hydrogens is 274 g/mol. The number of nitrogens with one attached hydrogen (secondary N) is 1. The molecule has 0 unspecified atom stereocenters. The first kappa shape index (κ1) is 12.7. The Morgan fingerprint density at radius 2 is 2.33 bits per heavy atom. The summed E-state index contributed by atoms with van der Waals surface area (Å²) >= 11 is 7.20. The molecule has 2 aromatic heterocycles. The molecule has 2 aromatic rings. The second-order valence-electron chi connectivity index (χ2n) is 3.40. The number of nitrogen functional groups attached to an aromatic ring is 1. The molecule has 3 N–H and O–H groups in total. The van der Waals surface area contributed by atoms with Crippen LogP contribution in [0.25, 0.3) is 0 Å². The Hall–Kier alpha value is -1.73. The van der Waals surface area contributed by atoms with Crippen molar-refractivity contribution in [1.82, 2.24) is 15.2 Å². The lowest BCUT2D eigenvalue weighted by atomic mass is 10.2. The Balaban J connectivity index is 2.19. The Kier molecular flexibility index (Phi) is 3.73. The molecule has 8 heteroatoms. The zero-order chi connectivity index (χ0) is 13.1. The minimum absolute atomic E-state index is 0.232. The monoisotopic (exact) mass is 283 g/mol. The third-order valence-corrected chi connectivity index (χ3v) is 3.40. The Morgan fingerprint density at radius 3 is 3.00 bits per heavy atom. The van der Waals surface area contributed by atoms with Crippen LogP contribution in [-0.4, -0.2) is 21.1 Å². The van der Waals surface area contributed by atoms with E-state index in [1.165, 1.54) is 23.6 Å². The van der Waals surface area contributed by atoms with Gasteiger partial charge < -0.3 is 5.73 Å². The first-order chi connectivity index (χ1) is 8.60. The highest BCUT2D eigenvalue weighted by Gasteiger charge is 2.13. The third kappa shape index (κ3) is 2.74. The van der Waals surface area contributed by atoms with Gasteiger partial charge in [-0.3, -0.25) is 10.1 Å². The summed E-state index contributed by atoms with van der Waals surface area (Å²) < 4.78 is 0. The molecular formula is C10H10ClN5OS. The van der Waals surface area contributed by atoms with Gasteiger partial charge in [-0.2, -0.15) is 0 Å². The summed E-state index contributed by atoms with van der Waals surface area (Å²) in [4.78, 5) is 15.7. The summed E-state index contributed by atoms with van der Waals surface area (Å²) in [7, 11) is 0. The van der Waals surface area contributed by atoms with Crippen LogP contribution in [0.4, 0.5) is 10.9 Å². The highest BCUT2D eigenvalue weighted by Crippen LogP contribution is 2.20. The average molecular weight is 284 g/mol. The number of aryl methyl sites for hydroxylation is 1. The van der Waals surface area contributed by atoms with Crippen LogP contribution in [0.1, 0.15) is 22.3 Å². The molecule has 2 rings (SSSR count). The van der Waals surface area contributed by atoms with Gasteiger partial charge in [-0.15, -0.1) is 10.2 Å². The highest BCUT2D eigenvalue weighted by atomic mass is 35.5. The topological polar surface area (TPSA) is 93.8 Å². The number of amides is 1. The minimum atomic E-state index is -0.382. The number of hydrogen-bond donors (Lipinski definition) is 2. The average Bonchev–Trinajstić information content (AvgIpc) is 2.80. The second kappa shape index (κ2) is 5.28. The maximum atomic E-state index is 11.9. The first-order valence-electron chi connectivity index (χ1n) is 5.15. The molecule has 6 nitrogen and oxygen atoms in total. The second-order valence-corrected chi connectivity index (χ2v) is 4.87. The van der Waals surface area contributed by atoms with Crippen molar-refractivity contribution in [2.75, 3.05) is 11.1 Å². The fourth-order valence-electron chi connectivity index (χ4n) is 1.24. The van der Waals surface area contributed by atoms with Crippen molar-refractivity contribution in [3.8, 4) is 0 Å². The van der Waals surface area contributed by atoms with Crippen LogP contribution < -0.4 is 11.1 Å². The van der Waals surface area contributed by atoms with Gasteiger partial charge in [0.25, 0.3) is 5.91 Å². The van der Waals surface area contributed by atoms with Crippen LogP contribution in [0.3, 0.4) is 0 Å². The molecule has 1 amide bonds. The molecule has 94 valence electrons. The number of anilines is 2. The van der Waals surface area contributed by atoms with Gasteiger partial charge in [-0.05, 0) is 12.5 Å². The van der Waals surface area contributed by atoms with E-state index in [-0.39, 0.29) is 22.3 Å². The van der Waals surface area contributed by atoms with Gasteiger partial charge in [-0.25, -0.2) is 4.98 Å². The Bertz CT molecular complexity index is 585. The van der Waals surface area contributed by atoms with E-state index in [1.807, 2.05) is 6.92 Å². The van der Waals surface area contributed by atoms with E-state index >= 15 is 0 Å². The maximum absolute atomic E-state index is 11.9.